The van der Waals surface area contributed by atoms with E-state index in [1.807, 2.05) is 6.92 Å². The number of fused-ring (bicyclic) bond motifs is 1. The normalized spacial score (nSPS) is 19.5. The number of benzene rings is 1. The first kappa shape index (κ1) is 22.8. The van der Waals surface area contributed by atoms with Crippen LogP contribution in [0.25, 0.3) is 10.9 Å². The summed E-state index contributed by atoms with van der Waals surface area (Å²) in [5.41, 5.74) is 4.86. The molecule has 2 aromatic heterocycles. The van der Waals surface area contributed by atoms with Crippen LogP contribution in [-0.2, 0) is 16.5 Å². The van der Waals surface area contributed by atoms with Gasteiger partial charge in [-0.15, -0.1) is 6.58 Å². The van der Waals surface area contributed by atoms with Crippen molar-refractivity contribution in [2.24, 2.45) is 0 Å². The van der Waals surface area contributed by atoms with Crippen LogP contribution in [0.4, 0.5) is 24.7 Å². The fourth-order valence-corrected chi connectivity index (χ4v) is 4.04. The van der Waals surface area contributed by atoms with Gasteiger partial charge < -0.3 is 20.4 Å². The van der Waals surface area contributed by atoms with Crippen LogP contribution in [0, 0.1) is 6.92 Å². The van der Waals surface area contributed by atoms with Crippen LogP contribution in [0.5, 0.6) is 0 Å². The lowest BCUT2D eigenvalue weighted by Crippen LogP contribution is -2.38. The third-order valence-electron chi connectivity index (χ3n) is 5.81. The number of alkyl halides is 3. The van der Waals surface area contributed by atoms with E-state index in [0.717, 1.165) is 12.1 Å². The van der Waals surface area contributed by atoms with Gasteiger partial charge in [-0.2, -0.15) is 13.2 Å². The molecule has 4 rings (SSSR count). The van der Waals surface area contributed by atoms with Crippen LogP contribution in [0.3, 0.4) is 0 Å². The summed E-state index contributed by atoms with van der Waals surface area (Å²) in [4.78, 5) is 21.6. The minimum absolute atomic E-state index is 0.0137. The Morgan fingerprint density at radius 1 is 1.30 bits per heavy atom. The molecule has 3 heterocycles. The number of pyridine rings is 1. The highest BCUT2D eigenvalue weighted by Gasteiger charge is 2.33. The number of nitrogens with one attached hydrogen (secondary N) is 1. The van der Waals surface area contributed by atoms with Crippen LogP contribution < -0.4 is 16.6 Å². The maximum absolute atomic E-state index is 13.3. The molecule has 1 aliphatic heterocycles. The topological polar surface area (TPSA) is 95.1 Å². The Hall–Kier alpha value is -3.40. The number of aromatic nitrogens is 3. The Morgan fingerprint density at radius 3 is 2.70 bits per heavy atom. The highest BCUT2D eigenvalue weighted by Crippen LogP contribution is 2.34. The number of hydrogen-bond donors (Lipinski definition) is 2. The van der Waals surface area contributed by atoms with Crippen molar-refractivity contribution < 1.29 is 17.9 Å². The molecule has 0 radical (unpaired) electrons. The van der Waals surface area contributed by atoms with Gasteiger partial charge in [0, 0.05) is 24.6 Å². The van der Waals surface area contributed by atoms with Crippen molar-refractivity contribution in [3.8, 4) is 0 Å². The molecular formula is C23H24F3N5O2. The van der Waals surface area contributed by atoms with Crippen molar-refractivity contribution in [3.63, 3.8) is 0 Å². The lowest BCUT2D eigenvalue weighted by molar-refractivity contribution is -0.137. The molecule has 7 nitrogen and oxygen atoms in total. The van der Waals surface area contributed by atoms with Gasteiger partial charge in [0.05, 0.1) is 34.7 Å². The molecule has 174 valence electrons. The molecule has 1 fully saturated rings. The molecule has 2 unspecified atom stereocenters. The zero-order valence-corrected chi connectivity index (χ0v) is 18.2. The number of halogens is 3. The van der Waals surface area contributed by atoms with E-state index in [2.05, 4.69) is 21.9 Å². The number of nitrogen functional groups attached to an aromatic ring is 1. The third kappa shape index (κ3) is 4.43. The molecule has 0 aliphatic carbocycles. The van der Waals surface area contributed by atoms with Gasteiger partial charge in [0.25, 0.3) is 5.56 Å². The van der Waals surface area contributed by atoms with Crippen LogP contribution in [0.2, 0.25) is 0 Å². The Bertz CT molecular complexity index is 1280. The number of ether oxygens (including phenoxy) is 1. The number of aryl methyl sites for hydroxylation is 1. The molecule has 0 bridgehead atoms. The molecule has 1 aromatic carbocycles. The second-order valence-electron chi connectivity index (χ2n) is 8.44. The summed E-state index contributed by atoms with van der Waals surface area (Å²) < 4.78 is 47.0. The van der Waals surface area contributed by atoms with Gasteiger partial charge in [0.15, 0.2) is 0 Å². The van der Waals surface area contributed by atoms with E-state index < -0.39 is 23.3 Å². The summed E-state index contributed by atoms with van der Waals surface area (Å²) in [6.45, 7) is 8.32. The summed E-state index contributed by atoms with van der Waals surface area (Å²) in [5, 5.41) is 3.70. The van der Waals surface area contributed by atoms with Gasteiger partial charge in [-0.3, -0.25) is 4.79 Å². The maximum atomic E-state index is 13.3. The van der Waals surface area contributed by atoms with E-state index in [1.54, 1.807) is 17.7 Å². The van der Waals surface area contributed by atoms with Crippen LogP contribution in [0.1, 0.15) is 36.3 Å². The van der Waals surface area contributed by atoms with Crippen molar-refractivity contribution in [2.45, 2.75) is 38.0 Å². The first-order valence-electron chi connectivity index (χ1n) is 10.4. The summed E-state index contributed by atoms with van der Waals surface area (Å²) in [7, 11) is 0. The number of nitrogens with zero attached hydrogens (tertiary/aromatic N) is 3. The fourth-order valence-electron chi connectivity index (χ4n) is 4.04. The first-order valence-corrected chi connectivity index (χ1v) is 10.4. The molecule has 2 atom stereocenters. The molecule has 33 heavy (non-hydrogen) atoms. The molecule has 0 saturated carbocycles. The summed E-state index contributed by atoms with van der Waals surface area (Å²) in [6, 6.07) is 4.08. The zero-order valence-electron chi connectivity index (χ0n) is 18.2. The summed E-state index contributed by atoms with van der Waals surface area (Å²) in [6.07, 6.45) is -0.718. The average molecular weight is 459 g/mol. The standard InChI is InChI=1S/C23H24F3N5O2/c1-4-18(14-7-15(23(24,25)26)9-16(27)8-14)30-21-17-11-31(22(3)5-6-33-12-22)20(32)10-19(17)28-13(2)29-21/h4,7-11,18H,1,5-6,12,27H2,2-3H3,(H,28,29,30). The van der Waals surface area contributed by atoms with Gasteiger partial charge in [0.2, 0.25) is 0 Å². The van der Waals surface area contributed by atoms with Crippen molar-refractivity contribution >= 4 is 22.4 Å². The largest absolute Gasteiger partial charge is 0.416 e. The van der Waals surface area contributed by atoms with Crippen LogP contribution in [-0.4, -0.2) is 27.7 Å². The molecule has 3 aromatic rings. The van der Waals surface area contributed by atoms with Crippen molar-refractivity contribution in [1.82, 2.24) is 14.5 Å². The second-order valence-corrected chi connectivity index (χ2v) is 8.44. The predicted octanol–water partition coefficient (Wildman–Crippen LogP) is 4.18. The van der Waals surface area contributed by atoms with Crippen molar-refractivity contribution in [2.75, 3.05) is 24.3 Å². The quantitative estimate of drug-likeness (QED) is 0.439. The summed E-state index contributed by atoms with van der Waals surface area (Å²) in [5.74, 6) is 0.776. The number of hydrogen-bond acceptors (Lipinski definition) is 6. The first-order chi connectivity index (χ1) is 15.5. The van der Waals surface area contributed by atoms with E-state index in [9.17, 15) is 18.0 Å². The highest BCUT2D eigenvalue weighted by molar-refractivity contribution is 5.88. The molecular weight excluding hydrogens is 435 g/mol. The maximum Gasteiger partial charge on any atom is 0.416 e. The van der Waals surface area contributed by atoms with E-state index in [4.69, 9.17) is 10.5 Å². The smallest absolute Gasteiger partial charge is 0.399 e. The Balaban J connectivity index is 1.81. The third-order valence-corrected chi connectivity index (χ3v) is 5.81. The van der Waals surface area contributed by atoms with E-state index in [0.29, 0.717) is 42.2 Å². The lowest BCUT2D eigenvalue weighted by atomic mass is 10.0. The highest BCUT2D eigenvalue weighted by atomic mass is 19.4. The second kappa shape index (κ2) is 8.18. The fraction of sp³-hybridized carbons (Fsp3) is 0.348. The van der Waals surface area contributed by atoms with E-state index in [1.165, 1.54) is 18.2 Å². The van der Waals surface area contributed by atoms with Gasteiger partial charge in [-0.1, -0.05) is 6.08 Å². The lowest BCUT2D eigenvalue weighted by Gasteiger charge is -2.26. The zero-order chi connectivity index (χ0) is 24.0. The molecule has 1 saturated heterocycles. The molecule has 3 N–H and O–H groups in total. The Kier molecular flexibility index (Phi) is 5.65. The van der Waals surface area contributed by atoms with E-state index >= 15 is 0 Å². The Morgan fingerprint density at radius 2 is 2.06 bits per heavy atom. The number of nitrogens with two attached hydrogens (primary N) is 1. The van der Waals surface area contributed by atoms with Crippen molar-refractivity contribution in [3.05, 3.63) is 70.4 Å². The van der Waals surface area contributed by atoms with Crippen LogP contribution in [0.15, 0.2) is 47.9 Å². The summed E-state index contributed by atoms with van der Waals surface area (Å²) >= 11 is 0. The molecule has 0 spiro atoms. The van der Waals surface area contributed by atoms with Gasteiger partial charge in [-0.05, 0) is 44.0 Å². The molecule has 1 aliphatic rings. The monoisotopic (exact) mass is 459 g/mol. The minimum Gasteiger partial charge on any atom is -0.399 e. The number of rotatable bonds is 5. The number of anilines is 2. The SMILES string of the molecule is C=CC(Nc1nc(C)nc2cc(=O)n(C3(C)CCOC3)cc12)c1cc(N)cc(C(F)(F)F)c1. The van der Waals surface area contributed by atoms with Crippen molar-refractivity contribution in [1.29, 1.82) is 0 Å². The predicted molar refractivity (Wildman–Crippen MR) is 120 cm³/mol. The molecule has 0 amide bonds. The van der Waals surface area contributed by atoms with Gasteiger partial charge >= 0.3 is 6.18 Å². The van der Waals surface area contributed by atoms with Gasteiger partial charge in [0.1, 0.15) is 11.6 Å². The van der Waals surface area contributed by atoms with Gasteiger partial charge in [-0.25, -0.2) is 9.97 Å². The Labute approximate surface area is 188 Å². The average Bonchev–Trinajstić information content (AvgIpc) is 3.17. The van der Waals surface area contributed by atoms with E-state index in [-0.39, 0.29) is 16.8 Å². The minimum atomic E-state index is -4.54. The molecule has 10 heteroatoms. The van der Waals surface area contributed by atoms with Crippen LogP contribution >= 0.6 is 0 Å².